The van der Waals surface area contributed by atoms with E-state index in [1.807, 2.05) is 0 Å². The minimum absolute atomic E-state index is 0.0141. The molecule has 0 saturated carbocycles. The van der Waals surface area contributed by atoms with Crippen molar-refractivity contribution < 1.29 is 49.4 Å². The van der Waals surface area contributed by atoms with Crippen LogP contribution in [0.2, 0.25) is 0 Å². The van der Waals surface area contributed by atoms with Gasteiger partial charge in [0.2, 0.25) is 0 Å². The maximum Gasteiger partial charge on any atom is 0.417 e. The van der Waals surface area contributed by atoms with Crippen LogP contribution in [0, 0.1) is 11.6 Å². The maximum absolute atomic E-state index is 13.7. The van der Waals surface area contributed by atoms with E-state index >= 15 is 0 Å². The zero-order valence-corrected chi connectivity index (χ0v) is 12.7. The number of halogens is 8. The highest BCUT2D eigenvalue weighted by Crippen LogP contribution is 2.33. The Labute approximate surface area is 145 Å². The van der Waals surface area contributed by atoms with Crippen LogP contribution in [-0.4, -0.2) is 11.9 Å². The number of esters is 2. The summed E-state index contributed by atoms with van der Waals surface area (Å²) in [5.74, 6) is -6.72. The van der Waals surface area contributed by atoms with Crippen molar-refractivity contribution in [2.75, 3.05) is 0 Å². The molecule has 0 saturated heterocycles. The second-order valence-corrected chi connectivity index (χ2v) is 5.06. The van der Waals surface area contributed by atoms with Crippen molar-refractivity contribution in [2.45, 2.75) is 12.4 Å². The Kier molecular flexibility index (Phi) is 5.25. The first-order valence-electron chi connectivity index (χ1n) is 6.80. The molecule has 144 valence electrons. The smallest absolute Gasteiger partial charge is 0.386 e. The highest BCUT2D eigenvalue weighted by Gasteiger charge is 2.37. The number of ether oxygens (including phenoxy) is 1. The van der Waals surface area contributed by atoms with E-state index in [4.69, 9.17) is 0 Å². The Morgan fingerprint density at radius 2 is 1.30 bits per heavy atom. The number of benzene rings is 2. The molecule has 0 heterocycles. The fourth-order valence-electron chi connectivity index (χ4n) is 1.98. The molecule has 0 unspecified atom stereocenters. The fraction of sp³-hybridized carbons (Fsp3) is 0.125. The van der Waals surface area contributed by atoms with Crippen molar-refractivity contribution in [3.63, 3.8) is 0 Å². The molecule has 27 heavy (non-hydrogen) atoms. The lowest BCUT2D eigenvalue weighted by Crippen LogP contribution is -2.19. The van der Waals surface area contributed by atoms with Gasteiger partial charge in [-0.1, -0.05) is 0 Å². The van der Waals surface area contributed by atoms with E-state index in [9.17, 15) is 44.7 Å². The number of carbonyl (C=O) groups is 2. The van der Waals surface area contributed by atoms with Gasteiger partial charge in [-0.05, 0) is 36.4 Å². The molecule has 11 heteroatoms. The van der Waals surface area contributed by atoms with Gasteiger partial charge in [-0.2, -0.15) is 26.3 Å². The van der Waals surface area contributed by atoms with E-state index in [-0.39, 0.29) is 12.1 Å². The molecule has 0 aromatic heterocycles. The van der Waals surface area contributed by atoms with Crippen LogP contribution >= 0.6 is 0 Å². The van der Waals surface area contributed by atoms with Crippen molar-refractivity contribution in [1.82, 2.24) is 0 Å². The van der Waals surface area contributed by atoms with Crippen LogP contribution in [-0.2, 0) is 17.1 Å². The molecule has 0 aliphatic heterocycles. The van der Waals surface area contributed by atoms with Crippen molar-refractivity contribution in [2.24, 2.45) is 0 Å². The summed E-state index contributed by atoms with van der Waals surface area (Å²) in [6.45, 7) is 0. The van der Waals surface area contributed by atoms with E-state index in [0.29, 0.717) is 24.3 Å². The van der Waals surface area contributed by atoms with Gasteiger partial charge in [0.05, 0.1) is 22.3 Å². The van der Waals surface area contributed by atoms with E-state index < -0.39 is 58.2 Å². The molecule has 2 rings (SSSR count). The van der Waals surface area contributed by atoms with Gasteiger partial charge in [0.25, 0.3) is 0 Å². The molecule has 0 bridgehead atoms. The van der Waals surface area contributed by atoms with E-state index in [1.54, 1.807) is 0 Å². The highest BCUT2D eigenvalue weighted by molar-refractivity contribution is 6.03. The molecule has 2 aromatic rings. The Bertz CT molecular complexity index is 900. The van der Waals surface area contributed by atoms with Crippen LogP contribution in [0.15, 0.2) is 36.4 Å². The summed E-state index contributed by atoms with van der Waals surface area (Å²) in [6, 6.07) is 1.53. The monoisotopic (exact) mass is 398 g/mol. The van der Waals surface area contributed by atoms with Gasteiger partial charge >= 0.3 is 24.3 Å². The normalized spacial score (nSPS) is 12.0. The number of carbonyl (C=O) groups excluding carboxylic acids is 2. The van der Waals surface area contributed by atoms with Gasteiger partial charge in [0.1, 0.15) is 11.6 Å². The molecule has 0 spiro atoms. The van der Waals surface area contributed by atoms with Gasteiger partial charge in [-0.3, -0.25) is 0 Å². The summed E-state index contributed by atoms with van der Waals surface area (Å²) in [5, 5.41) is 0. The fourth-order valence-corrected chi connectivity index (χ4v) is 1.98. The van der Waals surface area contributed by atoms with Crippen molar-refractivity contribution in [1.29, 1.82) is 0 Å². The predicted molar refractivity (Wildman–Crippen MR) is 72.6 cm³/mol. The molecular weight excluding hydrogens is 392 g/mol. The Morgan fingerprint density at radius 3 is 1.81 bits per heavy atom. The summed E-state index contributed by atoms with van der Waals surface area (Å²) >= 11 is 0. The number of alkyl halides is 6. The third kappa shape index (κ3) is 4.60. The first kappa shape index (κ1) is 20.3. The van der Waals surface area contributed by atoms with Gasteiger partial charge < -0.3 is 4.74 Å². The summed E-state index contributed by atoms with van der Waals surface area (Å²) in [7, 11) is 0. The standard InChI is InChI=1S/C16H6F8O3/c17-8-2-4-9(11(6-8)16(22,23)24)13(25)27-14(26)10-3-1-7(5-12(10)18)15(19,20)21/h1-6H. The molecule has 3 nitrogen and oxygen atoms in total. The van der Waals surface area contributed by atoms with Gasteiger partial charge in [0, 0.05) is 0 Å². The molecular formula is C16H6F8O3. The molecule has 0 atom stereocenters. The number of hydrogen-bond donors (Lipinski definition) is 0. The summed E-state index contributed by atoms with van der Waals surface area (Å²) in [5.41, 5.74) is -5.51. The predicted octanol–water partition coefficient (Wildman–Crippen LogP) is 5.00. The highest BCUT2D eigenvalue weighted by atomic mass is 19.4. The summed E-state index contributed by atoms with van der Waals surface area (Å²) in [4.78, 5) is 23.5. The molecule has 0 aliphatic rings. The van der Waals surface area contributed by atoms with Crippen LogP contribution in [0.25, 0.3) is 0 Å². The quantitative estimate of drug-likeness (QED) is 0.406. The van der Waals surface area contributed by atoms with Gasteiger partial charge in [-0.15, -0.1) is 0 Å². The molecule has 0 radical (unpaired) electrons. The lowest BCUT2D eigenvalue weighted by atomic mass is 10.1. The first-order valence-corrected chi connectivity index (χ1v) is 6.80. The number of hydrogen-bond acceptors (Lipinski definition) is 3. The van der Waals surface area contributed by atoms with E-state index in [0.717, 1.165) is 0 Å². The average molecular weight is 398 g/mol. The summed E-state index contributed by atoms with van der Waals surface area (Å²) < 4.78 is 107. The number of rotatable bonds is 2. The van der Waals surface area contributed by atoms with Crippen LogP contribution < -0.4 is 0 Å². The Hall–Kier alpha value is -2.98. The SMILES string of the molecule is O=C(OC(=O)c1ccc(F)cc1C(F)(F)F)c1ccc(C(F)(F)F)cc1F. The topological polar surface area (TPSA) is 43.4 Å². The maximum atomic E-state index is 13.7. The molecule has 2 aromatic carbocycles. The summed E-state index contributed by atoms with van der Waals surface area (Å²) in [6.07, 6.45) is -10.1. The molecule has 0 N–H and O–H groups in total. The van der Waals surface area contributed by atoms with Crippen LogP contribution in [0.5, 0.6) is 0 Å². The van der Waals surface area contributed by atoms with Crippen LogP contribution in [0.4, 0.5) is 35.1 Å². The zero-order chi connectivity index (χ0) is 20.6. The van der Waals surface area contributed by atoms with Crippen LogP contribution in [0.3, 0.4) is 0 Å². The van der Waals surface area contributed by atoms with Crippen molar-refractivity contribution in [3.8, 4) is 0 Å². The third-order valence-electron chi connectivity index (χ3n) is 3.21. The van der Waals surface area contributed by atoms with Gasteiger partial charge in [0.15, 0.2) is 0 Å². The minimum atomic E-state index is -5.17. The van der Waals surface area contributed by atoms with Crippen molar-refractivity contribution in [3.05, 3.63) is 70.3 Å². The van der Waals surface area contributed by atoms with E-state index in [2.05, 4.69) is 4.74 Å². The molecule has 0 fully saturated rings. The Morgan fingerprint density at radius 1 is 0.741 bits per heavy atom. The molecule has 0 amide bonds. The second-order valence-electron chi connectivity index (χ2n) is 5.06. The van der Waals surface area contributed by atoms with Crippen molar-refractivity contribution >= 4 is 11.9 Å². The van der Waals surface area contributed by atoms with Crippen LogP contribution in [0.1, 0.15) is 31.8 Å². The lowest BCUT2D eigenvalue weighted by Gasteiger charge is -2.12. The average Bonchev–Trinajstić information content (AvgIpc) is 2.52. The second kappa shape index (κ2) is 6.97. The van der Waals surface area contributed by atoms with E-state index in [1.165, 1.54) is 0 Å². The minimum Gasteiger partial charge on any atom is -0.386 e. The Balaban J connectivity index is 2.31. The first-order chi connectivity index (χ1) is 12.3. The lowest BCUT2D eigenvalue weighted by molar-refractivity contribution is -0.138. The zero-order valence-electron chi connectivity index (χ0n) is 12.7. The van der Waals surface area contributed by atoms with Gasteiger partial charge in [-0.25, -0.2) is 18.4 Å². The largest absolute Gasteiger partial charge is 0.417 e. The third-order valence-corrected chi connectivity index (χ3v) is 3.21. The molecule has 0 aliphatic carbocycles.